The summed E-state index contributed by atoms with van der Waals surface area (Å²) in [6, 6.07) is 6.33. The highest BCUT2D eigenvalue weighted by Crippen LogP contribution is 2.43. The lowest BCUT2D eigenvalue weighted by molar-refractivity contribution is -0.199. The molecule has 3 nitrogen and oxygen atoms in total. The van der Waals surface area contributed by atoms with E-state index in [1.165, 1.54) is 13.0 Å². The fraction of sp³-hybridized carbons (Fsp3) is 0.417. The number of rotatable bonds is 2. The molecule has 98 valence electrons. The van der Waals surface area contributed by atoms with Gasteiger partial charge < -0.3 is 10.1 Å². The standard InChI is InChI=1S/C12H12F3NO2/c1-2-18-10(17)11(12(13,14)15)7-8-5-3-4-6-9(8)16-11/h3-6,16H,2,7H2,1H3. The van der Waals surface area contributed by atoms with Crippen molar-refractivity contribution in [3.63, 3.8) is 0 Å². The van der Waals surface area contributed by atoms with E-state index >= 15 is 0 Å². The van der Waals surface area contributed by atoms with E-state index in [1.54, 1.807) is 18.2 Å². The Morgan fingerprint density at radius 1 is 1.44 bits per heavy atom. The summed E-state index contributed by atoms with van der Waals surface area (Å²) in [6.07, 6.45) is -5.15. The maximum atomic E-state index is 13.2. The molecular formula is C12H12F3NO2. The molecule has 0 spiro atoms. The van der Waals surface area contributed by atoms with Crippen LogP contribution in [0.3, 0.4) is 0 Å². The molecule has 2 rings (SSSR count). The van der Waals surface area contributed by atoms with Crippen LogP contribution in [0.15, 0.2) is 24.3 Å². The van der Waals surface area contributed by atoms with Crippen molar-refractivity contribution in [3.8, 4) is 0 Å². The van der Waals surface area contributed by atoms with Gasteiger partial charge in [-0.15, -0.1) is 0 Å². The summed E-state index contributed by atoms with van der Waals surface area (Å²) in [4.78, 5) is 11.7. The van der Waals surface area contributed by atoms with Gasteiger partial charge in [0.1, 0.15) is 0 Å². The van der Waals surface area contributed by atoms with Crippen LogP contribution in [0, 0.1) is 0 Å². The number of para-hydroxylation sites is 1. The van der Waals surface area contributed by atoms with Crippen LogP contribution in [0.2, 0.25) is 0 Å². The van der Waals surface area contributed by atoms with E-state index in [9.17, 15) is 18.0 Å². The van der Waals surface area contributed by atoms with Crippen LogP contribution in [-0.4, -0.2) is 24.3 Å². The second kappa shape index (κ2) is 4.19. The monoisotopic (exact) mass is 259 g/mol. The molecular weight excluding hydrogens is 247 g/mol. The van der Waals surface area contributed by atoms with Crippen molar-refractivity contribution in [2.24, 2.45) is 0 Å². The molecule has 0 aliphatic carbocycles. The molecule has 1 atom stereocenters. The Labute approximate surface area is 102 Å². The van der Waals surface area contributed by atoms with Crippen molar-refractivity contribution in [3.05, 3.63) is 29.8 Å². The van der Waals surface area contributed by atoms with Crippen molar-refractivity contribution >= 4 is 11.7 Å². The summed E-state index contributed by atoms with van der Waals surface area (Å²) < 4.78 is 44.1. The highest BCUT2D eigenvalue weighted by atomic mass is 19.4. The Morgan fingerprint density at radius 2 is 2.11 bits per heavy atom. The van der Waals surface area contributed by atoms with Crippen LogP contribution in [0.1, 0.15) is 12.5 Å². The summed E-state index contributed by atoms with van der Waals surface area (Å²) in [5, 5.41) is 2.27. The van der Waals surface area contributed by atoms with E-state index in [4.69, 9.17) is 0 Å². The average Bonchev–Trinajstić information content (AvgIpc) is 2.69. The number of hydrogen-bond donors (Lipinski definition) is 1. The molecule has 0 radical (unpaired) electrons. The molecule has 6 heteroatoms. The zero-order valence-electron chi connectivity index (χ0n) is 9.67. The van der Waals surface area contributed by atoms with Gasteiger partial charge in [0.05, 0.1) is 6.61 Å². The molecule has 0 bridgehead atoms. The quantitative estimate of drug-likeness (QED) is 0.829. The van der Waals surface area contributed by atoms with Crippen LogP contribution in [-0.2, 0) is 16.0 Å². The number of nitrogens with one attached hydrogen (secondary N) is 1. The van der Waals surface area contributed by atoms with E-state index < -0.39 is 24.1 Å². The normalized spacial score (nSPS) is 22.2. The second-order valence-corrected chi connectivity index (χ2v) is 4.08. The van der Waals surface area contributed by atoms with E-state index in [0.717, 1.165) is 0 Å². The summed E-state index contributed by atoms with van der Waals surface area (Å²) >= 11 is 0. The van der Waals surface area contributed by atoms with E-state index in [0.29, 0.717) is 11.3 Å². The third kappa shape index (κ3) is 1.81. The van der Waals surface area contributed by atoms with Gasteiger partial charge in [0, 0.05) is 12.1 Å². The SMILES string of the molecule is CCOC(=O)C1(C(F)(F)F)Cc2ccccc2N1. The van der Waals surface area contributed by atoms with Crippen LogP contribution in [0.5, 0.6) is 0 Å². The first kappa shape index (κ1) is 12.7. The average molecular weight is 259 g/mol. The summed E-state index contributed by atoms with van der Waals surface area (Å²) in [5.41, 5.74) is -1.88. The molecule has 0 aromatic heterocycles. The maximum absolute atomic E-state index is 13.2. The number of alkyl halides is 3. The fourth-order valence-electron chi connectivity index (χ4n) is 2.02. The molecule has 1 heterocycles. The van der Waals surface area contributed by atoms with Gasteiger partial charge in [-0.3, -0.25) is 0 Å². The fourth-order valence-corrected chi connectivity index (χ4v) is 2.02. The van der Waals surface area contributed by atoms with Crippen LogP contribution < -0.4 is 5.32 Å². The molecule has 0 saturated carbocycles. The number of anilines is 1. The molecule has 0 fully saturated rings. The number of esters is 1. The first-order valence-corrected chi connectivity index (χ1v) is 5.51. The van der Waals surface area contributed by atoms with Crippen molar-refractivity contribution in [2.75, 3.05) is 11.9 Å². The van der Waals surface area contributed by atoms with Crippen molar-refractivity contribution in [1.82, 2.24) is 0 Å². The molecule has 1 aromatic rings. The van der Waals surface area contributed by atoms with Crippen molar-refractivity contribution in [2.45, 2.75) is 25.1 Å². The molecule has 1 N–H and O–H groups in total. The topological polar surface area (TPSA) is 38.3 Å². The van der Waals surface area contributed by atoms with Crippen molar-refractivity contribution in [1.29, 1.82) is 0 Å². The molecule has 0 amide bonds. The second-order valence-electron chi connectivity index (χ2n) is 4.08. The summed E-state index contributed by atoms with van der Waals surface area (Å²) in [6.45, 7) is 1.39. The maximum Gasteiger partial charge on any atom is 0.422 e. The van der Waals surface area contributed by atoms with Crippen LogP contribution in [0.4, 0.5) is 18.9 Å². The van der Waals surface area contributed by atoms with Gasteiger partial charge in [0.2, 0.25) is 5.54 Å². The highest BCUT2D eigenvalue weighted by molar-refractivity contribution is 5.89. The molecule has 1 aromatic carbocycles. The van der Waals surface area contributed by atoms with Gasteiger partial charge in [-0.05, 0) is 18.6 Å². The first-order chi connectivity index (χ1) is 8.40. The molecule has 1 aliphatic rings. The Balaban J connectivity index is 2.40. The number of halogens is 3. The van der Waals surface area contributed by atoms with E-state index in [1.807, 2.05) is 0 Å². The highest BCUT2D eigenvalue weighted by Gasteiger charge is 2.64. The zero-order valence-corrected chi connectivity index (χ0v) is 9.67. The zero-order chi connectivity index (χ0) is 13.4. The molecule has 0 saturated heterocycles. The molecule has 1 aliphatic heterocycles. The van der Waals surface area contributed by atoms with E-state index in [-0.39, 0.29) is 6.61 Å². The number of benzene rings is 1. The Hall–Kier alpha value is -1.72. The Kier molecular flexibility index (Phi) is 2.96. The van der Waals surface area contributed by atoms with Crippen LogP contribution in [0.25, 0.3) is 0 Å². The lowest BCUT2D eigenvalue weighted by atomic mass is 9.94. The van der Waals surface area contributed by atoms with E-state index in [2.05, 4.69) is 10.1 Å². The minimum atomic E-state index is -4.71. The predicted octanol–water partition coefficient (Wildman–Crippen LogP) is 2.52. The lowest BCUT2D eigenvalue weighted by Gasteiger charge is -2.29. The third-order valence-electron chi connectivity index (χ3n) is 2.93. The van der Waals surface area contributed by atoms with Gasteiger partial charge in [0.15, 0.2) is 0 Å². The first-order valence-electron chi connectivity index (χ1n) is 5.51. The Bertz CT molecular complexity index is 446. The van der Waals surface area contributed by atoms with Gasteiger partial charge in [-0.1, -0.05) is 18.2 Å². The molecule has 18 heavy (non-hydrogen) atoms. The number of carbonyl (C=O) groups is 1. The number of ether oxygens (including phenoxy) is 1. The predicted molar refractivity (Wildman–Crippen MR) is 59.2 cm³/mol. The summed E-state index contributed by atoms with van der Waals surface area (Å²) in [7, 11) is 0. The number of hydrogen-bond acceptors (Lipinski definition) is 3. The van der Waals surface area contributed by atoms with Gasteiger partial charge in [0.25, 0.3) is 0 Å². The van der Waals surface area contributed by atoms with Crippen LogP contribution >= 0.6 is 0 Å². The third-order valence-corrected chi connectivity index (χ3v) is 2.93. The van der Waals surface area contributed by atoms with Crippen molar-refractivity contribution < 1.29 is 22.7 Å². The molecule has 1 unspecified atom stereocenters. The Morgan fingerprint density at radius 3 is 2.67 bits per heavy atom. The number of carbonyl (C=O) groups excluding carboxylic acids is 1. The largest absolute Gasteiger partial charge is 0.464 e. The smallest absolute Gasteiger partial charge is 0.422 e. The minimum absolute atomic E-state index is 0.0886. The lowest BCUT2D eigenvalue weighted by Crippen LogP contribution is -2.57. The van der Waals surface area contributed by atoms with Gasteiger partial charge in [-0.25, -0.2) is 4.79 Å². The summed E-state index contributed by atoms with van der Waals surface area (Å²) in [5.74, 6) is -1.28. The van der Waals surface area contributed by atoms with Gasteiger partial charge in [-0.2, -0.15) is 13.2 Å². The van der Waals surface area contributed by atoms with Gasteiger partial charge >= 0.3 is 12.1 Å². The minimum Gasteiger partial charge on any atom is -0.464 e. The number of fused-ring (bicyclic) bond motifs is 1.